The van der Waals surface area contributed by atoms with Gasteiger partial charge in [-0.05, 0) is 31.4 Å². The van der Waals surface area contributed by atoms with Crippen LogP contribution in [0.15, 0.2) is 0 Å². The highest BCUT2D eigenvalue weighted by molar-refractivity contribution is 8.00. The van der Waals surface area contributed by atoms with Crippen molar-refractivity contribution in [3.63, 3.8) is 0 Å². The van der Waals surface area contributed by atoms with Crippen molar-refractivity contribution in [3.8, 4) is 0 Å². The van der Waals surface area contributed by atoms with Crippen molar-refractivity contribution in [1.29, 1.82) is 0 Å². The van der Waals surface area contributed by atoms with Gasteiger partial charge in [-0.2, -0.15) is 11.8 Å². The lowest BCUT2D eigenvalue weighted by molar-refractivity contribution is 0.390. The van der Waals surface area contributed by atoms with Crippen LogP contribution in [0.3, 0.4) is 0 Å². The lowest BCUT2D eigenvalue weighted by atomic mass is 10.0. The Morgan fingerprint density at radius 2 is 2.23 bits per heavy atom. The second kappa shape index (κ2) is 5.92. The van der Waals surface area contributed by atoms with Crippen LogP contribution in [-0.4, -0.2) is 23.6 Å². The molecule has 1 N–H and O–H groups in total. The first-order valence-corrected chi connectivity index (χ1v) is 6.64. The van der Waals surface area contributed by atoms with Crippen molar-refractivity contribution in [1.82, 2.24) is 5.32 Å². The Kier molecular flexibility index (Phi) is 5.18. The third-order valence-electron chi connectivity index (χ3n) is 3.19. The van der Waals surface area contributed by atoms with Gasteiger partial charge in [0, 0.05) is 17.8 Å². The van der Waals surface area contributed by atoms with Crippen molar-refractivity contribution >= 4 is 11.8 Å². The van der Waals surface area contributed by atoms with Crippen molar-refractivity contribution < 1.29 is 0 Å². The van der Waals surface area contributed by atoms with Gasteiger partial charge in [-0.1, -0.05) is 20.3 Å². The zero-order valence-corrected chi connectivity index (χ0v) is 9.99. The predicted molar refractivity (Wildman–Crippen MR) is 62.4 cm³/mol. The molecule has 0 radical (unpaired) electrons. The molecule has 0 saturated carbocycles. The number of hydrogen-bond donors (Lipinski definition) is 1. The molecule has 2 heteroatoms. The van der Waals surface area contributed by atoms with Gasteiger partial charge < -0.3 is 5.32 Å². The first kappa shape index (κ1) is 11.4. The van der Waals surface area contributed by atoms with Gasteiger partial charge in [0.05, 0.1) is 0 Å². The topological polar surface area (TPSA) is 12.0 Å². The van der Waals surface area contributed by atoms with E-state index in [1.165, 1.54) is 31.6 Å². The highest BCUT2D eigenvalue weighted by Crippen LogP contribution is 2.25. The molecule has 1 aliphatic heterocycles. The minimum Gasteiger partial charge on any atom is -0.313 e. The zero-order valence-electron chi connectivity index (χ0n) is 9.18. The van der Waals surface area contributed by atoms with Crippen LogP contribution in [-0.2, 0) is 0 Å². The molecule has 13 heavy (non-hydrogen) atoms. The second-order valence-corrected chi connectivity index (χ2v) is 5.63. The summed E-state index contributed by atoms with van der Waals surface area (Å²) < 4.78 is 0. The lowest BCUT2D eigenvalue weighted by Crippen LogP contribution is -2.35. The number of thioether (sulfide) groups is 1. The summed E-state index contributed by atoms with van der Waals surface area (Å²) >= 11 is 2.14. The predicted octanol–water partition coefficient (Wildman–Crippen LogP) is 2.91. The monoisotopic (exact) mass is 201 g/mol. The summed E-state index contributed by atoms with van der Waals surface area (Å²) in [5.74, 6) is 2.19. The Morgan fingerprint density at radius 1 is 1.46 bits per heavy atom. The molecule has 1 saturated heterocycles. The molecule has 1 heterocycles. The molecule has 1 aliphatic rings. The van der Waals surface area contributed by atoms with Crippen LogP contribution in [0.25, 0.3) is 0 Å². The molecular formula is C11H23NS. The largest absolute Gasteiger partial charge is 0.313 e. The summed E-state index contributed by atoms with van der Waals surface area (Å²) in [4.78, 5) is 0. The molecule has 0 amide bonds. The molecule has 1 nitrogen and oxygen atoms in total. The van der Waals surface area contributed by atoms with Gasteiger partial charge in [0.15, 0.2) is 0 Å². The van der Waals surface area contributed by atoms with E-state index in [0.717, 1.165) is 11.2 Å². The standard InChI is InChI=1S/C11H23NS/c1-4-9(2)10(3)12-8-11-6-5-7-13-11/h9-12H,4-8H2,1-3H3. The fraction of sp³-hybridized carbons (Fsp3) is 1.00. The summed E-state index contributed by atoms with van der Waals surface area (Å²) in [5, 5.41) is 4.55. The van der Waals surface area contributed by atoms with Gasteiger partial charge in [-0.25, -0.2) is 0 Å². The van der Waals surface area contributed by atoms with E-state index in [4.69, 9.17) is 0 Å². The van der Waals surface area contributed by atoms with Crippen LogP contribution in [0.2, 0.25) is 0 Å². The first-order chi connectivity index (χ1) is 6.24. The molecule has 1 rings (SSSR count). The average molecular weight is 201 g/mol. The Hall–Kier alpha value is 0.310. The normalized spacial score (nSPS) is 27.5. The highest BCUT2D eigenvalue weighted by atomic mass is 32.2. The molecular weight excluding hydrogens is 178 g/mol. The highest BCUT2D eigenvalue weighted by Gasteiger charge is 2.17. The second-order valence-electron chi connectivity index (χ2n) is 4.22. The van der Waals surface area contributed by atoms with Gasteiger partial charge in [-0.15, -0.1) is 0 Å². The van der Waals surface area contributed by atoms with Crippen molar-refractivity contribution in [2.24, 2.45) is 5.92 Å². The van der Waals surface area contributed by atoms with E-state index in [0.29, 0.717) is 6.04 Å². The van der Waals surface area contributed by atoms with E-state index in [-0.39, 0.29) is 0 Å². The fourth-order valence-corrected chi connectivity index (χ4v) is 2.89. The molecule has 0 aliphatic carbocycles. The van der Waals surface area contributed by atoms with Crippen LogP contribution in [0, 0.1) is 5.92 Å². The summed E-state index contributed by atoms with van der Waals surface area (Å²) in [6, 6.07) is 0.686. The van der Waals surface area contributed by atoms with Gasteiger partial charge in [-0.3, -0.25) is 0 Å². The molecule has 78 valence electrons. The third kappa shape index (κ3) is 3.90. The molecule has 0 aromatic rings. The van der Waals surface area contributed by atoms with Gasteiger partial charge >= 0.3 is 0 Å². The molecule has 0 bridgehead atoms. The molecule has 0 aromatic carbocycles. The number of hydrogen-bond acceptors (Lipinski definition) is 2. The van der Waals surface area contributed by atoms with E-state index >= 15 is 0 Å². The van der Waals surface area contributed by atoms with Crippen LogP contribution in [0.1, 0.15) is 40.0 Å². The summed E-state index contributed by atoms with van der Waals surface area (Å²) in [6.45, 7) is 8.14. The van der Waals surface area contributed by atoms with Crippen LogP contribution in [0.5, 0.6) is 0 Å². The maximum Gasteiger partial charge on any atom is 0.0172 e. The first-order valence-electron chi connectivity index (χ1n) is 5.59. The lowest BCUT2D eigenvalue weighted by Gasteiger charge is -2.21. The minimum atomic E-state index is 0.686. The fourth-order valence-electron chi connectivity index (χ4n) is 1.68. The van der Waals surface area contributed by atoms with E-state index in [1.54, 1.807) is 0 Å². The van der Waals surface area contributed by atoms with E-state index in [2.05, 4.69) is 37.8 Å². The van der Waals surface area contributed by atoms with Crippen molar-refractivity contribution in [3.05, 3.63) is 0 Å². The maximum atomic E-state index is 3.65. The van der Waals surface area contributed by atoms with Crippen LogP contribution in [0.4, 0.5) is 0 Å². The van der Waals surface area contributed by atoms with Crippen molar-refractivity contribution in [2.75, 3.05) is 12.3 Å². The van der Waals surface area contributed by atoms with Gasteiger partial charge in [0.1, 0.15) is 0 Å². The van der Waals surface area contributed by atoms with E-state index < -0.39 is 0 Å². The zero-order chi connectivity index (χ0) is 9.68. The number of nitrogens with one attached hydrogen (secondary N) is 1. The molecule has 1 fully saturated rings. The molecule has 3 unspecified atom stereocenters. The summed E-state index contributed by atoms with van der Waals surface area (Å²) in [7, 11) is 0. The summed E-state index contributed by atoms with van der Waals surface area (Å²) in [5.41, 5.74) is 0. The SMILES string of the molecule is CCC(C)C(C)NCC1CCCS1. The van der Waals surface area contributed by atoms with Gasteiger partial charge in [0.25, 0.3) is 0 Å². The Morgan fingerprint density at radius 3 is 2.77 bits per heavy atom. The van der Waals surface area contributed by atoms with E-state index in [1.807, 2.05) is 0 Å². The Bertz CT molecular complexity index is 132. The molecule has 3 atom stereocenters. The van der Waals surface area contributed by atoms with E-state index in [9.17, 15) is 0 Å². The maximum absolute atomic E-state index is 3.65. The quantitative estimate of drug-likeness (QED) is 0.734. The average Bonchev–Trinajstić information content (AvgIpc) is 2.65. The molecule has 0 aromatic heterocycles. The smallest absolute Gasteiger partial charge is 0.0172 e. The third-order valence-corrected chi connectivity index (χ3v) is 4.59. The van der Waals surface area contributed by atoms with Crippen LogP contribution < -0.4 is 5.32 Å². The van der Waals surface area contributed by atoms with Gasteiger partial charge in [0.2, 0.25) is 0 Å². The summed E-state index contributed by atoms with van der Waals surface area (Å²) in [6.07, 6.45) is 4.13. The Labute approximate surface area is 87.1 Å². The minimum absolute atomic E-state index is 0.686. The Balaban J connectivity index is 2.10. The number of rotatable bonds is 5. The van der Waals surface area contributed by atoms with Crippen LogP contribution >= 0.6 is 11.8 Å². The molecule has 0 spiro atoms. The van der Waals surface area contributed by atoms with Crippen molar-refractivity contribution in [2.45, 2.75) is 51.3 Å².